The first kappa shape index (κ1) is 7.41. The van der Waals surface area contributed by atoms with Crippen molar-refractivity contribution in [2.45, 2.75) is 6.42 Å². The minimum Gasteiger partial charge on any atom is -0.354 e. The molecule has 0 atom stereocenters. The second-order valence-corrected chi connectivity index (χ2v) is 1.14. The first-order chi connectivity index (χ1) is 3.91. The molecule has 45 valence electrons. The summed E-state index contributed by atoms with van der Waals surface area (Å²) in [6.45, 7) is 0.591. The first-order valence-corrected chi connectivity index (χ1v) is 2.23. The Balaban J connectivity index is 2.65. The fourth-order valence-corrected chi connectivity index (χ4v) is 0.236. The number of ether oxygens (including phenoxy) is 2. The van der Waals surface area contributed by atoms with Gasteiger partial charge in [-0.2, -0.15) is 5.26 Å². The van der Waals surface area contributed by atoms with E-state index in [1.807, 2.05) is 6.07 Å². The molecule has 0 bridgehead atoms. The SMILES string of the molecule is [CH2]OCOCCC#N. The van der Waals surface area contributed by atoms with Gasteiger partial charge in [-0.15, -0.1) is 0 Å². The maximum absolute atomic E-state index is 7.98. The average Bonchev–Trinajstić information content (AvgIpc) is 1.81. The molecular weight excluding hydrogens is 106 g/mol. The van der Waals surface area contributed by atoms with Crippen LogP contribution in [0.15, 0.2) is 0 Å². The lowest BCUT2D eigenvalue weighted by molar-refractivity contribution is -0.0117. The smallest absolute Gasteiger partial charge is 0.146 e. The summed E-state index contributed by atoms with van der Waals surface area (Å²) >= 11 is 0. The van der Waals surface area contributed by atoms with Gasteiger partial charge in [-0.05, 0) is 0 Å². The topological polar surface area (TPSA) is 42.2 Å². The van der Waals surface area contributed by atoms with E-state index in [-0.39, 0.29) is 6.79 Å². The van der Waals surface area contributed by atoms with Crippen LogP contribution in [-0.4, -0.2) is 13.4 Å². The van der Waals surface area contributed by atoms with Crippen molar-refractivity contribution in [1.29, 1.82) is 5.26 Å². The van der Waals surface area contributed by atoms with Crippen LogP contribution in [0.5, 0.6) is 0 Å². The lowest BCUT2D eigenvalue weighted by Crippen LogP contribution is -1.95. The van der Waals surface area contributed by atoms with E-state index in [2.05, 4.69) is 11.8 Å². The zero-order valence-corrected chi connectivity index (χ0v) is 4.59. The number of nitriles is 1. The molecule has 3 nitrogen and oxygen atoms in total. The Kier molecular flexibility index (Phi) is 5.94. The molecule has 0 spiro atoms. The highest BCUT2D eigenvalue weighted by Gasteiger charge is 1.81. The van der Waals surface area contributed by atoms with E-state index < -0.39 is 0 Å². The van der Waals surface area contributed by atoms with E-state index in [0.29, 0.717) is 13.0 Å². The zero-order chi connectivity index (χ0) is 6.24. The summed E-state index contributed by atoms with van der Waals surface area (Å²) in [7, 11) is 3.08. The van der Waals surface area contributed by atoms with Gasteiger partial charge in [0.05, 0.1) is 26.2 Å². The van der Waals surface area contributed by atoms with Gasteiger partial charge in [0.1, 0.15) is 6.79 Å². The van der Waals surface area contributed by atoms with Crippen LogP contribution in [-0.2, 0) is 9.47 Å². The van der Waals surface area contributed by atoms with Gasteiger partial charge in [0, 0.05) is 0 Å². The molecule has 0 unspecified atom stereocenters. The molecule has 0 fully saturated rings. The summed E-state index contributed by atoms with van der Waals surface area (Å²) in [5.41, 5.74) is 0. The second kappa shape index (κ2) is 6.41. The zero-order valence-electron chi connectivity index (χ0n) is 4.59. The number of hydrogen-bond donors (Lipinski definition) is 0. The van der Waals surface area contributed by atoms with Crippen molar-refractivity contribution in [2.75, 3.05) is 13.4 Å². The van der Waals surface area contributed by atoms with E-state index in [4.69, 9.17) is 10.00 Å². The number of hydrogen-bond acceptors (Lipinski definition) is 3. The van der Waals surface area contributed by atoms with E-state index in [9.17, 15) is 0 Å². The Morgan fingerprint density at radius 3 is 2.88 bits per heavy atom. The van der Waals surface area contributed by atoms with Crippen LogP contribution < -0.4 is 0 Å². The fourth-order valence-electron chi connectivity index (χ4n) is 0.236. The Morgan fingerprint density at radius 2 is 2.38 bits per heavy atom. The summed E-state index contributed by atoms with van der Waals surface area (Å²) in [5, 5.41) is 7.98. The normalized spacial score (nSPS) is 8.50. The third-order valence-electron chi connectivity index (χ3n) is 0.525. The minimum absolute atomic E-state index is 0.168. The largest absolute Gasteiger partial charge is 0.354 e. The van der Waals surface area contributed by atoms with Crippen molar-refractivity contribution < 1.29 is 9.47 Å². The molecule has 0 aromatic carbocycles. The Hall–Kier alpha value is -0.590. The maximum atomic E-state index is 7.98. The van der Waals surface area contributed by atoms with Crippen LogP contribution in [0, 0.1) is 18.4 Å². The molecule has 0 aromatic heterocycles. The standard InChI is InChI=1S/C5H8NO2/c1-7-5-8-4-2-3-6/h1-2,4-5H2. The van der Waals surface area contributed by atoms with Gasteiger partial charge in [-0.1, -0.05) is 0 Å². The van der Waals surface area contributed by atoms with Crippen LogP contribution in [0.4, 0.5) is 0 Å². The van der Waals surface area contributed by atoms with Crippen LogP contribution in [0.1, 0.15) is 6.42 Å². The third-order valence-corrected chi connectivity index (χ3v) is 0.525. The van der Waals surface area contributed by atoms with Crippen molar-refractivity contribution in [3.63, 3.8) is 0 Å². The van der Waals surface area contributed by atoms with Crippen molar-refractivity contribution >= 4 is 0 Å². The second-order valence-electron chi connectivity index (χ2n) is 1.14. The van der Waals surface area contributed by atoms with Gasteiger partial charge in [0.15, 0.2) is 0 Å². The molecule has 3 heteroatoms. The molecule has 0 N–H and O–H groups in total. The molecular formula is C5H8NO2. The van der Waals surface area contributed by atoms with E-state index in [1.165, 1.54) is 0 Å². The van der Waals surface area contributed by atoms with Crippen LogP contribution in [0.3, 0.4) is 0 Å². The van der Waals surface area contributed by atoms with Crippen molar-refractivity contribution in [2.24, 2.45) is 0 Å². The molecule has 1 radical (unpaired) electrons. The van der Waals surface area contributed by atoms with Gasteiger partial charge in [-0.3, -0.25) is 0 Å². The third kappa shape index (κ3) is 5.41. The minimum atomic E-state index is 0.168. The van der Waals surface area contributed by atoms with Crippen molar-refractivity contribution in [3.05, 3.63) is 7.11 Å². The van der Waals surface area contributed by atoms with Crippen molar-refractivity contribution in [1.82, 2.24) is 0 Å². The highest BCUT2D eigenvalue weighted by molar-refractivity contribution is 4.66. The lowest BCUT2D eigenvalue weighted by atomic mass is 10.5. The molecule has 0 aromatic rings. The van der Waals surface area contributed by atoms with Crippen molar-refractivity contribution in [3.8, 4) is 6.07 Å². The predicted octanol–water partition coefficient (Wildman–Crippen LogP) is 0.682. The monoisotopic (exact) mass is 114 g/mol. The van der Waals surface area contributed by atoms with Gasteiger partial charge in [0.25, 0.3) is 0 Å². The van der Waals surface area contributed by atoms with Crippen LogP contribution in [0.25, 0.3) is 0 Å². The molecule has 0 rings (SSSR count). The maximum Gasteiger partial charge on any atom is 0.146 e. The fraction of sp³-hybridized carbons (Fsp3) is 0.600. The summed E-state index contributed by atoms with van der Waals surface area (Å²) in [6, 6.07) is 1.93. The Bertz CT molecular complexity index is 77.0. The molecule has 0 heterocycles. The van der Waals surface area contributed by atoms with Crippen LogP contribution in [0.2, 0.25) is 0 Å². The molecule has 0 aliphatic carbocycles. The van der Waals surface area contributed by atoms with E-state index in [1.54, 1.807) is 0 Å². The van der Waals surface area contributed by atoms with Gasteiger partial charge >= 0.3 is 0 Å². The highest BCUT2D eigenvalue weighted by atomic mass is 16.7. The van der Waals surface area contributed by atoms with E-state index in [0.717, 1.165) is 0 Å². The highest BCUT2D eigenvalue weighted by Crippen LogP contribution is 1.78. The summed E-state index contributed by atoms with van der Waals surface area (Å²) in [5.74, 6) is 0. The molecule has 0 amide bonds. The summed E-state index contributed by atoms with van der Waals surface area (Å²) in [6.07, 6.45) is 0.406. The molecule has 0 saturated carbocycles. The lowest BCUT2D eigenvalue weighted by Gasteiger charge is -1.95. The number of rotatable bonds is 4. The Morgan fingerprint density at radius 1 is 1.62 bits per heavy atom. The summed E-state index contributed by atoms with van der Waals surface area (Å²) in [4.78, 5) is 0. The van der Waals surface area contributed by atoms with Gasteiger partial charge < -0.3 is 9.47 Å². The van der Waals surface area contributed by atoms with E-state index >= 15 is 0 Å². The van der Waals surface area contributed by atoms with Gasteiger partial charge in [0.2, 0.25) is 0 Å². The average molecular weight is 114 g/mol. The molecule has 8 heavy (non-hydrogen) atoms. The van der Waals surface area contributed by atoms with Gasteiger partial charge in [-0.25, -0.2) is 0 Å². The molecule has 0 aliphatic rings. The number of nitrogens with zero attached hydrogens (tertiary/aromatic N) is 1. The molecule has 0 aliphatic heterocycles. The quantitative estimate of drug-likeness (QED) is 0.398. The molecule has 0 saturated heterocycles. The summed E-state index contributed by atoms with van der Waals surface area (Å²) < 4.78 is 9.02. The Labute approximate surface area is 48.8 Å². The van der Waals surface area contributed by atoms with Crippen LogP contribution >= 0.6 is 0 Å². The predicted molar refractivity (Wildman–Crippen MR) is 27.5 cm³/mol. The first-order valence-electron chi connectivity index (χ1n) is 2.23.